The number of nitrogen functional groups attached to an aromatic ring is 1. The lowest BCUT2D eigenvalue weighted by Crippen LogP contribution is -2.21. The highest BCUT2D eigenvalue weighted by Crippen LogP contribution is 2.22. The summed E-state index contributed by atoms with van der Waals surface area (Å²) in [5, 5.41) is 0.454. The van der Waals surface area contributed by atoms with Gasteiger partial charge in [0.25, 0.3) is 5.91 Å². The Balaban J connectivity index is 2.07. The summed E-state index contributed by atoms with van der Waals surface area (Å²) in [6.07, 6.45) is 1.37. The fraction of sp³-hybridized carbons (Fsp3) is 0.294. The van der Waals surface area contributed by atoms with E-state index in [1.165, 1.54) is 22.9 Å². The molecule has 0 aliphatic carbocycles. The van der Waals surface area contributed by atoms with E-state index in [0.717, 1.165) is 5.56 Å². The summed E-state index contributed by atoms with van der Waals surface area (Å²) in [5.41, 5.74) is 7.55. The number of nitrogens with two attached hydrogens (primary N) is 1. The molecular weight excluding hydrogens is 340 g/mol. The fourth-order valence-corrected chi connectivity index (χ4v) is 2.78. The lowest BCUT2D eigenvalue weighted by atomic mass is 10.1. The SMILES string of the molecule is CCOC(=O)c1cnc(SCc2cccc(C(=O)N(C)C)c2)nc1N. The Morgan fingerprint density at radius 1 is 1.32 bits per heavy atom. The van der Waals surface area contributed by atoms with Crippen LogP contribution in [0.5, 0.6) is 0 Å². The van der Waals surface area contributed by atoms with E-state index >= 15 is 0 Å². The van der Waals surface area contributed by atoms with Crippen molar-refractivity contribution in [2.24, 2.45) is 0 Å². The van der Waals surface area contributed by atoms with E-state index in [1.54, 1.807) is 27.1 Å². The average molecular weight is 360 g/mol. The first-order valence-corrected chi connectivity index (χ1v) is 8.64. The quantitative estimate of drug-likeness (QED) is 0.479. The first kappa shape index (κ1) is 18.7. The second-order valence-corrected chi connectivity index (χ2v) is 6.30. The third-order valence-corrected chi connectivity index (χ3v) is 4.17. The van der Waals surface area contributed by atoms with Gasteiger partial charge in [0.05, 0.1) is 6.61 Å². The summed E-state index contributed by atoms with van der Waals surface area (Å²) in [4.78, 5) is 33.5. The first-order chi connectivity index (χ1) is 11.9. The molecule has 2 aromatic rings. The first-order valence-electron chi connectivity index (χ1n) is 7.65. The molecule has 0 radical (unpaired) electrons. The molecule has 2 rings (SSSR count). The number of aromatic nitrogens is 2. The van der Waals surface area contributed by atoms with Gasteiger partial charge in [0.1, 0.15) is 11.4 Å². The van der Waals surface area contributed by atoms with Crippen LogP contribution in [0.3, 0.4) is 0 Å². The third-order valence-electron chi connectivity index (χ3n) is 3.24. The van der Waals surface area contributed by atoms with Gasteiger partial charge in [-0.25, -0.2) is 14.8 Å². The maximum Gasteiger partial charge on any atom is 0.343 e. The summed E-state index contributed by atoms with van der Waals surface area (Å²) in [6.45, 7) is 1.98. The van der Waals surface area contributed by atoms with Crippen molar-refractivity contribution in [2.45, 2.75) is 17.8 Å². The zero-order chi connectivity index (χ0) is 18.4. The van der Waals surface area contributed by atoms with Gasteiger partial charge in [-0.05, 0) is 24.6 Å². The summed E-state index contributed by atoms with van der Waals surface area (Å²) < 4.78 is 4.89. The normalized spacial score (nSPS) is 10.4. The van der Waals surface area contributed by atoms with Crippen LogP contribution in [0.15, 0.2) is 35.6 Å². The van der Waals surface area contributed by atoms with Gasteiger partial charge in [-0.15, -0.1) is 0 Å². The second-order valence-electron chi connectivity index (χ2n) is 5.36. The van der Waals surface area contributed by atoms with Crippen LogP contribution in [0.4, 0.5) is 5.82 Å². The smallest absolute Gasteiger partial charge is 0.343 e. The molecule has 25 heavy (non-hydrogen) atoms. The minimum atomic E-state index is -0.536. The molecule has 0 aliphatic heterocycles. The molecular formula is C17H20N4O3S. The molecule has 1 heterocycles. The van der Waals surface area contributed by atoms with E-state index in [2.05, 4.69) is 9.97 Å². The Morgan fingerprint density at radius 3 is 2.72 bits per heavy atom. The van der Waals surface area contributed by atoms with Crippen LogP contribution >= 0.6 is 11.8 Å². The molecule has 0 spiro atoms. The molecule has 0 saturated heterocycles. The number of amides is 1. The molecule has 0 aliphatic rings. The Kier molecular flexibility index (Phi) is 6.35. The van der Waals surface area contributed by atoms with Crippen molar-refractivity contribution in [1.82, 2.24) is 14.9 Å². The van der Waals surface area contributed by atoms with Crippen molar-refractivity contribution >= 4 is 29.5 Å². The lowest BCUT2D eigenvalue weighted by Gasteiger charge is -2.11. The summed E-state index contributed by atoms with van der Waals surface area (Å²) >= 11 is 1.37. The van der Waals surface area contributed by atoms with Gasteiger partial charge in [0, 0.05) is 31.6 Å². The standard InChI is InChI=1S/C17H20N4O3S/c1-4-24-16(23)13-9-19-17(20-14(13)18)25-10-11-6-5-7-12(8-11)15(22)21(2)3/h5-9H,4,10H2,1-3H3,(H2,18,19,20). The summed E-state index contributed by atoms with van der Waals surface area (Å²) in [7, 11) is 3.43. The molecule has 1 aromatic heterocycles. The molecule has 0 fully saturated rings. The monoisotopic (exact) mass is 360 g/mol. The summed E-state index contributed by atoms with van der Waals surface area (Å²) in [6, 6.07) is 7.38. The van der Waals surface area contributed by atoms with E-state index in [0.29, 0.717) is 16.5 Å². The maximum absolute atomic E-state index is 12.0. The summed E-state index contributed by atoms with van der Waals surface area (Å²) in [5.74, 6) is 0.0808. The third kappa shape index (κ3) is 4.93. The number of carbonyl (C=O) groups excluding carboxylic acids is 2. The van der Waals surface area contributed by atoms with Crippen LogP contribution in [-0.4, -0.2) is 47.4 Å². The number of carbonyl (C=O) groups is 2. The van der Waals surface area contributed by atoms with Crippen LogP contribution in [0, 0.1) is 0 Å². The van der Waals surface area contributed by atoms with E-state index in [1.807, 2.05) is 18.2 Å². The molecule has 0 atom stereocenters. The number of ether oxygens (including phenoxy) is 1. The van der Waals surface area contributed by atoms with E-state index < -0.39 is 5.97 Å². The molecule has 0 unspecified atom stereocenters. The van der Waals surface area contributed by atoms with Crippen LogP contribution in [0.1, 0.15) is 33.2 Å². The van der Waals surface area contributed by atoms with E-state index in [9.17, 15) is 9.59 Å². The number of esters is 1. The van der Waals surface area contributed by atoms with Gasteiger partial charge in [-0.2, -0.15) is 0 Å². The zero-order valence-electron chi connectivity index (χ0n) is 14.4. The zero-order valence-corrected chi connectivity index (χ0v) is 15.2. The molecule has 7 nitrogen and oxygen atoms in total. The average Bonchev–Trinajstić information content (AvgIpc) is 2.59. The lowest BCUT2D eigenvalue weighted by molar-refractivity contribution is 0.0526. The number of hydrogen-bond donors (Lipinski definition) is 1. The molecule has 1 amide bonds. The largest absolute Gasteiger partial charge is 0.462 e. The molecule has 0 bridgehead atoms. The Labute approximate surface area is 150 Å². The highest BCUT2D eigenvalue weighted by Gasteiger charge is 2.14. The van der Waals surface area contributed by atoms with Gasteiger partial charge < -0.3 is 15.4 Å². The van der Waals surface area contributed by atoms with Gasteiger partial charge in [0.15, 0.2) is 5.16 Å². The highest BCUT2D eigenvalue weighted by atomic mass is 32.2. The van der Waals surface area contributed by atoms with Crippen LogP contribution in [-0.2, 0) is 10.5 Å². The van der Waals surface area contributed by atoms with Crippen molar-refractivity contribution in [3.05, 3.63) is 47.2 Å². The number of benzene rings is 1. The van der Waals surface area contributed by atoms with Gasteiger partial charge in [-0.1, -0.05) is 23.9 Å². The highest BCUT2D eigenvalue weighted by molar-refractivity contribution is 7.98. The number of anilines is 1. The van der Waals surface area contributed by atoms with E-state index in [-0.39, 0.29) is 23.9 Å². The Bertz CT molecular complexity index is 780. The van der Waals surface area contributed by atoms with Crippen LogP contribution < -0.4 is 5.73 Å². The minimum Gasteiger partial charge on any atom is -0.462 e. The number of nitrogens with zero attached hydrogens (tertiary/aromatic N) is 3. The fourth-order valence-electron chi connectivity index (χ4n) is 2.01. The second kappa shape index (κ2) is 8.48. The predicted octanol–water partition coefficient (Wildman–Crippen LogP) is 2.23. The minimum absolute atomic E-state index is 0.0499. The topological polar surface area (TPSA) is 98.4 Å². The number of rotatable bonds is 6. The van der Waals surface area contributed by atoms with Gasteiger partial charge >= 0.3 is 5.97 Å². The van der Waals surface area contributed by atoms with Gasteiger partial charge in [-0.3, -0.25) is 4.79 Å². The van der Waals surface area contributed by atoms with Crippen LogP contribution in [0.2, 0.25) is 0 Å². The molecule has 8 heteroatoms. The Morgan fingerprint density at radius 2 is 2.08 bits per heavy atom. The Hall–Kier alpha value is -2.61. The van der Waals surface area contributed by atoms with Crippen molar-refractivity contribution < 1.29 is 14.3 Å². The van der Waals surface area contributed by atoms with Crippen molar-refractivity contribution in [2.75, 3.05) is 26.4 Å². The van der Waals surface area contributed by atoms with Crippen molar-refractivity contribution in [3.63, 3.8) is 0 Å². The molecule has 0 saturated carbocycles. The molecule has 132 valence electrons. The molecule has 1 aromatic carbocycles. The van der Waals surface area contributed by atoms with Crippen molar-refractivity contribution in [3.8, 4) is 0 Å². The number of thioether (sulfide) groups is 1. The van der Waals surface area contributed by atoms with Crippen LogP contribution in [0.25, 0.3) is 0 Å². The predicted molar refractivity (Wildman–Crippen MR) is 96.4 cm³/mol. The van der Waals surface area contributed by atoms with Gasteiger partial charge in [0.2, 0.25) is 0 Å². The van der Waals surface area contributed by atoms with E-state index in [4.69, 9.17) is 10.5 Å². The maximum atomic E-state index is 12.0. The van der Waals surface area contributed by atoms with Crippen molar-refractivity contribution in [1.29, 1.82) is 0 Å². The molecule has 2 N–H and O–H groups in total. The number of hydrogen-bond acceptors (Lipinski definition) is 7.